The van der Waals surface area contributed by atoms with Gasteiger partial charge in [-0.15, -0.1) is 0 Å². The molecule has 2 rings (SSSR count). The molecule has 0 aliphatic heterocycles. The Kier molecular flexibility index (Phi) is 6.02. The van der Waals surface area contributed by atoms with Crippen LogP contribution in [0.3, 0.4) is 0 Å². The van der Waals surface area contributed by atoms with Crippen molar-refractivity contribution < 1.29 is 4.79 Å². The van der Waals surface area contributed by atoms with E-state index in [1.165, 1.54) is 0 Å². The van der Waals surface area contributed by atoms with E-state index in [9.17, 15) is 4.79 Å². The van der Waals surface area contributed by atoms with Gasteiger partial charge < -0.3 is 10.6 Å². The Morgan fingerprint density at radius 2 is 1.86 bits per heavy atom. The maximum Gasteiger partial charge on any atom is 0.238 e. The van der Waals surface area contributed by atoms with E-state index in [1.54, 1.807) is 0 Å². The quantitative estimate of drug-likeness (QED) is 0.719. The van der Waals surface area contributed by atoms with Gasteiger partial charge in [0, 0.05) is 20.3 Å². The maximum absolute atomic E-state index is 11.9. The van der Waals surface area contributed by atoms with Crippen LogP contribution >= 0.6 is 34.2 Å². The molecule has 0 spiro atoms. The van der Waals surface area contributed by atoms with E-state index in [0.29, 0.717) is 5.02 Å². The van der Waals surface area contributed by atoms with E-state index in [4.69, 9.17) is 11.6 Å². The van der Waals surface area contributed by atoms with Crippen molar-refractivity contribution in [2.45, 2.75) is 13.0 Å². The van der Waals surface area contributed by atoms with Gasteiger partial charge >= 0.3 is 0 Å². The third-order valence-corrected chi connectivity index (χ3v) is 4.13. The summed E-state index contributed by atoms with van der Waals surface area (Å²) in [5.41, 5.74) is 1.79. The highest BCUT2D eigenvalue weighted by atomic mass is 127. The first-order valence-corrected chi connectivity index (χ1v) is 8.05. The first kappa shape index (κ1) is 16.3. The minimum Gasteiger partial charge on any atom is -0.325 e. The molecular formula is C16H16ClIN2O. The monoisotopic (exact) mass is 414 g/mol. The summed E-state index contributed by atoms with van der Waals surface area (Å²) >= 11 is 8.37. The van der Waals surface area contributed by atoms with E-state index >= 15 is 0 Å². The molecule has 0 heterocycles. The number of hydrogen-bond acceptors (Lipinski definition) is 2. The zero-order valence-corrected chi connectivity index (χ0v) is 14.5. The Labute approximate surface area is 143 Å². The van der Waals surface area contributed by atoms with Gasteiger partial charge in [-0.3, -0.25) is 4.79 Å². The minimum absolute atomic E-state index is 0.0150. The first-order chi connectivity index (χ1) is 10.1. The van der Waals surface area contributed by atoms with Crippen molar-refractivity contribution >= 4 is 45.8 Å². The molecule has 2 aromatic rings. The average molecular weight is 415 g/mol. The van der Waals surface area contributed by atoms with Crippen LogP contribution in [0.1, 0.15) is 18.5 Å². The number of carbonyl (C=O) groups is 1. The highest BCUT2D eigenvalue weighted by molar-refractivity contribution is 14.1. The highest BCUT2D eigenvalue weighted by Gasteiger charge is 2.10. The topological polar surface area (TPSA) is 41.1 Å². The van der Waals surface area contributed by atoms with Gasteiger partial charge in [0.25, 0.3) is 0 Å². The Bertz CT molecular complexity index is 616. The predicted molar refractivity (Wildman–Crippen MR) is 95.7 cm³/mol. The van der Waals surface area contributed by atoms with Crippen molar-refractivity contribution in [3.05, 3.63) is 62.7 Å². The number of rotatable bonds is 5. The van der Waals surface area contributed by atoms with Gasteiger partial charge in [-0.1, -0.05) is 29.8 Å². The van der Waals surface area contributed by atoms with Crippen LogP contribution in [-0.4, -0.2) is 12.5 Å². The van der Waals surface area contributed by atoms with Gasteiger partial charge in [0.15, 0.2) is 0 Å². The lowest BCUT2D eigenvalue weighted by molar-refractivity contribution is -0.115. The molecule has 0 aliphatic carbocycles. The molecule has 0 bridgehead atoms. The van der Waals surface area contributed by atoms with Crippen LogP contribution < -0.4 is 10.6 Å². The molecule has 0 radical (unpaired) electrons. The molecule has 1 unspecified atom stereocenters. The van der Waals surface area contributed by atoms with E-state index in [0.717, 1.165) is 14.8 Å². The van der Waals surface area contributed by atoms with Gasteiger partial charge in [0.2, 0.25) is 5.91 Å². The number of halogens is 2. The Morgan fingerprint density at radius 1 is 1.19 bits per heavy atom. The summed E-state index contributed by atoms with van der Waals surface area (Å²) in [6.45, 7) is 2.22. The van der Waals surface area contributed by atoms with Crippen LogP contribution in [0.5, 0.6) is 0 Å². The van der Waals surface area contributed by atoms with E-state index in [2.05, 4.69) is 33.2 Å². The van der Waals surface area contributed by atoms with Crippen LogP contribution in [0.4, 0.5) is 5.69 Å². The second kappa shape index (κ2) is 7.77. The van der Waals surface area contributed by atoms with E-state index in [1.807, 2.05) is 55.5 Å². The smallest absolute Gasteiger partial charge is 0.238 e. The SMILES string of the molecule is CC(NCC(=O)Nc1ccc(I)cc1)c1ccccc1Cl. The molecule has 2 aromatic carbocycles. The molecule has 0 aromatic heterocycles. The van der Waals surface area contributed by atoms with Crippen LogP contribution in [0.2, 0.25) is 5.02 Å². The average Bonchev–Trinajstić information content (AvgIpc) is 2.48. The summed E-state index contributed by atoms with van der Waals surface area (Å²) in [4.78, 5) is 11.9. The molecule has 1 atom stereocenters. The fourth-order valence-electron chi connectivity index (χ4n) is 1.92. The summed E-state index contributed by atoms with van der Waals surface area (Å²) in [7, 11) is 0. The van der Waals surface area contributed by atoms with Crippen molar-refractivity contribution in [1.29, 1.82) is 0 Å². The summed E-state index contributed by atoms with van der Waals surface area (Å²) < 4.78 is 1.14. The Hall–Kier alpha value is -1.11. The van der Waals surface area contributed by atoms with Crippen LogP contribution in [0.15, 0.2) is 48.5 Å². The van der Waals surface area contributed by atoms with Crippen molar-refractivity contribution in [3.8, 4) is 0 Å². The molecule has 0 saturated carbocycles. The Morgan fingerprint density at radius 3 is 2.52 bits per heavy atom. The molecule has 1 amide bonds. The van der Waals surface area contributed by atoms with E-state index in [-0.39, 0.29) is 18.5 Å². The molecule has 5 heteroatoms. The van der Waals surface area contributed by atoms with Gasteiger partial charge in [0.1, 0.15) is 0 Å². The first-order valence-electron chi connectivity index (χ1n) is 6.59. The lowest BCUT2D eigenvalue weighted by Gasteiger charge is -2.15. The standard InChI is InChI=1S/C16H16ClIN2O/c1-11(14-4-2-3-5-15(14)17)19-10-16(21)20-13-8-6-12(18)7-9-13/h2-9,11,19H,10H2,1H3,(H,20,21). The van der Waals surface area contributed by atoms with Crippen LogP contribution in [0, 0.1) is 3.57 Å². The van der Waals surface area contributed by atoms with E-state index < -0.39 is 0 Å². The van der Waals surface area contributed by atoms with Gasteiger partial charge in [-0.2, -0.15) is 0 Å². The van der Waals surface area contributed by atoms with Crippen LogP contribution in [-0.2, 0) is 4.79 Å². The zero-order valence-electron chi connectivity index (χ0n) is 11.6. The fourth-order valence-corrected chi connectivity index (χ4v) is 2.58. The summed E-state index contributed by atoms with van der Waals surface area (Å²) in [5.74, 6) is -0.0740. The normalized spacial score (nSPS) is 12.0. The number of nitrogens with one attached hydrogen (secondary N) is 2. The molecule has 0 aliphatic rings. The lowest BCUT2D eigenvalue weighted by atomic mass is 10.1. The van der Waals surface area contributed by atoms with Crippen molar-refractivity contribution in [3.63, 3.8) is 0 Å². The van der Waals surface area contributed by atoms with Gasteiger partial charge in [-0.25, -0.2) is 0 Å². The third-order valence-electron chi connectivity index (χ3n) is 3.07. The molecule has 2 N–H and O–H groups in total. The van der Waals surface area contributed by atoms with Crippen molar-refractivity contribution in [2.75, 3.05) is 11.9 Å². The molecule has 0 saturated heterocycles. The Balaban J connectivity index is 1.86. The number of amides is 1. The number of hydrogen-bond donors (Lipinski definition) is 2. The number of anilines is 1. The highest BCUT2D eigenvalue weighted by Crippen LogP contribution is 2.21. The molecule has 21 heavy (non-hydrogen) atoms. The molecule has 0 fully saturated rings. The maximum atomic E-state index is 11.9. The number of carbonyl (C=O) groups excluding carboxylic acids is 1. The summed E-state index contributed by atoms with van der Waals surface area (Å²) in [6.07, 6.45) is 0. The lowest BCUT2D eigenvalue weighted by Crippen LogP contribution is -2.30. The predicted octanol–water partition coefficient (Wildman–Crippen LogP) is 4.23. The van der Waals surface area contributed by atoms with Crippen molar-refractivity contribution in [2.24, 2.45) is 0 Å². The molecular weight excluding hydrogens is 399 g/mol. The zero-order chi connectivity index (χ0) is 15.2. The minimum atomic E-state index is -0.0740. The molecule has 110 valence electrons. The summed E-state index contributed by atoms with van der Waals surface area (Å²) in [5, 5.41) is 6.73. The second-order valence-corrected chi connectivity index (χ2v) is 6.33. The fraction of sp³-hybridized carbons (Fsp3) is 0.188. The second-order valence-electron chi connectivity index (χ2n) is 4.68. The van der Waals surface area contributed by atoms with Crippen LogP contribution in [0.25, 0.3) is 0 Å². The van der Waals surface area contributed by atoms with Crippen molar-refractivity contribution in [1.82, 2.24) is 5.32 Å². The molecule has 3 nitrogen and oxygen atoms in total. The van der Waals surface area contributed by atoms with Gasteiger partial charge in [-0.05, 0) is 65.4 Å². The number of benzene rings is 2. The summed E-state index contributed by atoms with van der Waals surface area (Å²) in [6, 6.07) is 15.3. The third kappa shape index (κ3) is 4.98. The largest absolute Gasteiger partial charge is 0.325 e. The van der Waals surface area contributed by atoms with Gasteiger partial charge in [0.05, 0.1) is 6.54 Å².